The Labute approximate surface area is 143 Å². The molecule has 1 aromatic rings. The smallest absolute Gasteiger partial charge is 0.245 e. The Morgan fingerprint density at radius 3 is 2.88 bits per heavy atom. The molecule has 132 valence electrons. The maximum absolute atomic E-state index is 12.5. The molecule has 2 saturated heterocycles. The fraction of sp³-hybridized carbons (Fsp3) is 0.706. The third-order valence-corrected chi connectivity index (χ3v) is 4.86. The largest absolute Gasteiger partial charge is 0.344 e. The van der Waals surface area contributed by atoms with E-state index in [1.807, 2.05) is 17.3 Å². The van der Waals surface area contributed by atoms with E-state index in [0.717, 1.165) is 38.4 Å². The van der Waals surface area contributed by atoms with Gasteiger partial charge in [0.1, 0.15) is 11.9 Å². The van der Waals surface area contributed by atoms with E-state index in [0.29, 0.717) is 25.4 Å². The third-order valence-electron chi connectivity index (χ3n) is 4.86. The highest BCUT2D eigenvalue weighted by molar-refractivity contribution is 5.90. The van der Waals surface area contributed by atoms with Gasteiger partial charge in [0.2, 0.25) is 11.8 Å². The van der Waals surface area contributed by atoms with E-state index in [2.05, 4.69) is 33.6 Å². The van der Waals surface area contributed by atoms with Crippen molar-refractivity contribution in [1.29, 1.82) is 0 Å². The molecule has 24 heavy (non-hydrogen) atoms. The van der Waals surface area contributed by atoms with Crippen molar-refractivity contribution in [1.82, 2.24) is 24.7 Å². The number of amides is 2. The first-order valence-corrected chi connectivity index (χ1v) is 8.87. The van der Waals surface area contributed by atoms with Crippen LogP contribution in [0.5, 0.6) is 0 Å². The summed E-state index contributed by atoms with van der Waals surface area (Å²) < 4.78 is 2.20. The minimum absolute atomic E-state index is 0.00896. The van der Waals surface area contributed by atoms with Crippen molar-refractivity contribution in [3.63, 3.8) is 0 Å². The number of nitrogens with zero attached hydrogens (tertiary/aromatic N) is 4. The van der Waals surface area contributed by atoms with E-state index in [1.165, 1.54) is 0 Å². The van der Waals surface area contributed by atoms with Gasteiger partial charge in [-0.3, -0.25) is 14.5 Å². The Morgan fingerprint density at radius 1 is 1.33 bits per heavy atom. The maximum atomic E-state index is 12.5. The molecule has 7 nitrogen and oxygen atoms in total. The van der Waals surface area contributed by atoms with Crippen LogP contribution in [0.1, 0.15) is 45.0 Å². The molecular formula is C17H27N5O2. The van der Waals surface area contributed by atoms with Gasteiger partial charge < -0.3 is 14.8 Å². The zero-order valence-electron chi connectivity index (χ0n) is 14.6. The molecule has 0 bridgehead atoms. The second-order valence-corrected chi connectivity index (χ2v) is 6.96. The molecule has 2 aliphatic rings. The topological polar surface area (TPSA) is 70.5 Å². The van der Waals surface area contributed by atoms with Gasteiger partial charge in [-0.15, -0.1) is 0 Å². The lowest BCUT2D eigenvalue weighted by Gasteiger charge is -2.24. The molecule has 2 aliphatic heterocycles. The van der Waals surface area contributed by atoms with E-state index < -0.39 is 0 Å². The molecule has 1 aromatic heterocycles. The normalized spacial score (nSPS) is 22.7. The molecular weight excluding hydrogens is 306 g/mol. The van der Waals surface area contributed by atoms with Crippen molar-refractivity contribution in [2.45, 2.75) is 51.7 Å². The molecule has 0 aromatic carbocycles. The minimum Gasteiger partial charge on any atom is -0.344 e. The van der Waals surface area contributed by atoms with Gasteiger partial charge in [-0.05, 0) is 26.7 Å². The second-order valence-electron chi connectivity index (χ2n) is 6.96. The lowest BCUT2D eigenvalue weighted by molar-refractivity contribution is -0.134. The van der Waals surface area contributed by atoms with Gasteiger partial charge in [0.25, 0.3) is 0 Å². The summed E-state index contributed by atoms with van der Waals surface area (Å²) >= 11 is 0. The molecule has 0 spiro atoms. The predicted molar refractivity (Wildman–Crippen MR) is 90.3 cm³/mol. The first kappa shape index (κ1) is 17.0. The first-order valence-electron chi connectivity index (χ1n) is 8.87. The fourth-order valence-electron chi connectivity index (χ4n) is 3.51. The van der Waals surface area contributed by atoms with Gasteiger partial charge >= 0.3 is 0 Å². The van der Waals surface area contributed by atoms with Gasteiger partial charge in [-0.25, -0.2) is 4.98 Å². The molecule has 7 heteroatoms. The highest BCUT2D eigenvalue weighted by Crippen LogP contribution is 2.15. The first-order chi connectivity index (χ1) is 11.5. The van der Waals surface area contributed by atoms with Gasteiger partial charge in [-0.2, -0.15) is 0 Å². The van der Waals surface area contributed by atoms with Crippen molar-refractivity contribution in [3.05, 3.63) is 18.2 Å². The Hall–Kier alpha value is -1.89. The number of carbonyl (C=O) groups is 2. The summed E-state index contributed by atoms with van der Waals surface area (Å²) in [5.41, 5.74) is 0. The summed E-state index contributed by atoms with van der Waals surface area (Å²) in [5.74, 6) is 1.14. The van der Waals surface area contributed by atoms with E-state index in [9.17, 15) is 9.59 Å². The monoisotopic (exact) mass is 333 g/mol. The summed E-state index contributed by atoms with van der Waals surface area (Å²) in [6, 6.07) is 0.0856. The predicted octanol–water partition coefficient (Wildman–Crippen LogP) is 0.777. The van der Waals surface area contributed by atoms with Crippen LogP contribution in [0.4, 0.5) is 0 Å². The van der Waals surface area contributed by atoms with Crippen LogP contribution in [0.15, 0.2) is 12.4 Å². The Kier molecular flexibility index (Phi) is 5.18. The van der Waals surface area contributed by atoms with Crippen LogP contribution in [-0.2, 0) is 16.1 Å². The number of carbonyl (C=O) groups excluding carboxylic acids is 2. The van der Waals surface area contributed by atoms with Crippen LogP contribution in [0.2, 0.25) is 0 Å². The lowest BCUT2D eigenvalue weighted by atomic mass is 10.2. The Morgan fingerprint density at radius 2 is 2.17 bits per heavy atom. The number of imidazole rings is 1. The fourth-order valence-corrected chi connectivity index (χ4v) is 3.51. The molecule has 1 N–H and O–H groups in total. The number of nitrogens with one attached hydrogen (secondary N) is 1. The molecule has 1 unspecified atom stereocenters. The summed E-state index contributed by atoms with van der Waals surface area (Å²) in [6.45, 7) is 8.41. The van der Waals surface area contributed by atoms with Gasteiger partial charge in [-0.1, -0.05) is 0 Å². The highest BCUT2D eigenvalue weighted by atomic mass is 16.2. The molecule has 2 fully saturated rings. The van der Waals surface area contributed by atoms with Crippen molar-refractivity contribution in [2.24, 2.45) is 0 Å². The summed E-state index contributed by atoms with van der Waals surface area (Å²) in [6.07, 6.45) is 5.93. The van der Waals surface area contributed by atoms with Gasteiger partial charge in [0.05, 0.1) is 6.54 Å². The molecule has 2 amide bonds. The number of aromatic nitrogens is 2. The van der Waals surface area contributed by atoms with E-state index in [-0.39, 0.29) is 17.9 Å². The van der Waals surface area contributed by atoms with E-state index >= 15 is 0 Å². The molecule has 0 aliphatic carbocycles. The van der Waals surface area contributed by atoms with Crippen LogP contribution in [0.3, 0.4) is 0 Å². The second kappa shape index (κ2) is 7.34. The Balaban J connectivity index is 1.56. The SMILES string of the molecule is CC(C)n1ccnc1CN1CCCN(C(=O)C2CCC(=O)N2)CC1. The minimum atomic E-state index is -0.316. The molecule has 0 saturated carbocycles. The van der Waals surface area contributed by atoms with Crippen LogP contribution < -0.4 is 5.32 Å². The highest BCUT2D eigenvalue weighted by Gasteiger charge is 2.31. The molecule has 0 radical (unpaired) electrons. The molecule has 3 heterocycles. The quantitative estimate of drug-likeness (QED) is 0.884. The van der Waals surface area contributed by atoms with Crippen LogP contribution in [-0.4, -0.2) is 63.4 Å². The lowest BCUT2D eigenvalue weighted by Crippen LogP contribution is -2.45. The van der Waals surface area contributed by atoms with Crippen LogP contribution in [0, 0.1) is 0 Å². The van der Waals surface area contributed by atoms with Crippen LogP contribution >= 0.6 is 0 Å². The van der Waals surface area contributed by atoms with Gasteiger partial charge in [0.15, 0.2) is 0 Å². The van der Waals surface area contributed by atoms with Crippen molar-refractivity contribution in [3.8, 4) is 0 Å². The number of hydrogen-bond donors (Lipinski definition) is 1. The summed E-state index contributed by atoms with van der Waals surface area (Å²) in [4.78, 5) is 32.6. The third kappa shape index (κ3) is 3.77. The van der Waals surface area contributed by atoms with Crippen LogP contribution in [0.25, 0.3) is 0 Å². The standard InChI is InChI=1S/C17H27N5O2/c1-13(2)22-9-6-18-15(22)12-20-7-3-8-21(11-10-20)17(24)14-4-5-16(23)19-14/h6,9,13-14H,3-5,7-8,10-12H2,1-2H3,(H,19,23). The van der Waals surface area contributed by atoms with Crippen molar-refractivity contribution >= 4 is 11.8 Å². The zero-order valence-corrected chi connectivity index (χ0v) is 14.6. The van der Waals surface area contributed by atoms with E-state index in [4.69, 9.17) is 0 Å². The van der Waals surface area contributed by atoms with Gasteiger partial charge in [0, 0.05) is 51.0 Å². The molecule has 1 atom stereocenters. The number of hydrogen-bond acceptors (Lipinski definition) is 4. The summed E-state index contributed by atoms with van der Waals surface area (Å²) in [7, 11) is 0. The maximum Gasteiger partial charge on any atom is 0.245 e. The Bertz CT molecular complexity index is 598. The average Bonchev–Trinajstić information content (AvgIpc) is 3.11. The molecule has 3 rings (SSSR count). The van der Waals surface area contributed by atoms with Crippen molar-refractivity contribution < 1.29 is 9.59 Å². The average molecular weight is 333 g/mol. The van der Waals surface area contributed by atoms with Crippen molar-refractivity contribution in [2.75, 3.05) is 26.2 Å². The van der Waals surface area contributed by atoms with E-state index in [1.54, 1.807) is 0 Å². The zero-order chi connectivity index (χ0) is 17.1. The number of rotatable bonds is 4. The summed E-state index contributed by atoms with van der Waals surface area (Å²) in [5, 5.41) is 2.78.